The largest absolute Gasteiger partial charge is 0.534 e. The lowest BCUT2D eigenvalue weighted by Crippen LogP contribution is -2.09. The molecule has 0 bridgehead atoms. The number of rotatable bonds is 5. The first-order valence-electron chi connectivity index (χ1n) is 3.31. The van der Waals surface area contributed by atoms with Gasteiger partial charge in [0.1, 0.15) is 0 Å². The van der Waals surface area contributed by atoms with Crippen LogP contribution in [0.5, 0.6) is 0 Å². The van der Waals surface area contributed by atoms with Crippen LogP contribution >= 0.6 is 7.82 Å². The van der Waals surface area contributed by atoms with Crippen molar-refractivity contribution in [1.82, 2.24) is 0 Å². The summed E-state index contributed by atoms with van der Waals surface area (Å²) in [6.07, 6.45) is -0.555. The zero-order valence-electron chi connectivity index (χ0n) is 7.30. The molecule has 0 saturated heterocycles. The van der Waals surface area contributed by atoms with E-state index >= 15 is 0 Å². The fraction of sp³-hybridized carbons (Fsp3) is 0.500. The molecule has 2 atom stereocenters. The van der Waals surface area contributed by atoms with Crippen molar-refractivity contribution in [2.75, 3.05) is 7.11 Å². The zero-order valence-corrected chi connectivity index (χ0v) is 8.19. The second-order valence-corrected chi connectivity index (χ2v) is 3.60. The molecule has 0 heterocycles. The number of phosphoric acid groups is 1. The highest BCUT2D eigenvalue weighted by molar-refractivity contribution is 7.49. The average Bonchev–Trinajstić information content (AvgIpc) is 2.02. The van der Waals surface area contributed by atoms with Gasteiger partial charge in [0.2, 0.25) is 0 Å². The maximum absolute atomic E-state index is 11.3. The summed E-state index contributed by atoms with van der Waals surface area (Å²) < 4.78 is 24.2. The van der Waals surface area contributed by atoms with E-state index in [2.05, 4.69) is 20.2 Å². The number of aliphatic hydroxyl groups is 1. The minimum absolute atomic E-state index is 0.803. The van der Waals surface area contributed by atoms with E-state index in [4.69, 9.17) is 5.11 Å². The number of carbonyl (C=O) groups is 1. The van der Waals surface area contributed by atoms with Crippen molar-refractivity contribution in [3.05, 3.63) is 12.7 Å². The van der Waals surface area contributed by atoms with Gasteiger partial charge in [0.25, 0.3) is 0 Å². The number of carbonyl (C=O) groups excluding carboxylic acids is 1. The van der Waals surface area contributed by atoms with E-state index in [1.54, 1.807) is 0 Å². The van der Waals surface area contributed by atoms with Crippen LogP contribution in [0.4, 0.5) is 0 Å². The Kier molecular flexibility index (Phi) is 4.87. The Bertz CT molecular complexity index is 235. The van der Waals surface area contributed by atoms with Crippen LogP contribution in [0.3, 0.4) is 0 Å². The second kappa shape index (κ2) is 5.14. The van der Waals surface area contributed by atoms with E-state index in [9.17, 15) is 9.36 Å². The molecule has 7 heteroatoms. The van der Waals surface area contributed by atoms with Gasteiger partial charge in [0.15, 0.2) is 6.29 Å². The zero-order chi connectivity index (χ0) is 10.5. The fourth-order valence-electron chi connectivity index (χ4n) is 0.436. The first-order chi connectivity index (χ1) is 5.93. The molecule has 2 unspecified atom stereocenters. The van der Waals surface area contributed by atoms with E-state index in [0.29, 0.717) is 0 Å². The second-order valence-electron chi connectivity index (χ2n) is 1.95. The summed E-state index contributed by atoms with van der Waals surface area (Å²) in [5, 5.41) is 8.71. The van der Waals surface area contributed by atoms with Gasteiger partial charge in [-0.1, -0.05) is 6.58 Å². The minimum atomic E-state index is -4.00. The fourth-order valence-corrected chi connectivity index (χ4v) is 1.31. The van der Waals surface area contributed by atoms with Gasteiger partial charge in [0.05, 0.1) is 0 Å². The van der Waals surface area contributed by atoms with Crippen molar-refractivity contribution in [1.29, 1.82) is 0 Å². The Balaban J connectivity index is 4.36. The summed E-state index contributed by atoms with van der Waals surface area (Å²) in [5.74, 6) is -0.953. The van der Waals surface area contributed by atoms with Crippen LogP contribution in [0.25, 0.3) is 0 Å². The summed E-state index contributed by atoms with van der Waals surface area (Å²) >= 11 is 0. The van der Waals surface area contributed by atoms with Crippen molar-refractivity contribution in [3.8, 4) is 0 Å². The van der Waals surface area contributed by atoms with Crippen molar-refractivity contribution >= 4 is 13.8 Å². The maximum Gasteiger partial charge on any atom is 0.534 e. The molecule has 13 heavy (non-hydrogen) atoms. The van der Waals surface area contributed by atoms with Gasteiger partial charge in [-0.05, 0) is 6.92 Å². The van der Waals surface area contributed by atoms with Crippen LogP contribution < -0.4 is 0 Å². The van der Waals surface area contributed by atoms with Crippen LogP contribution in [0.15, 0.2) is 12.7 Å². The van der Waals surface area contributed by atoms with Crippen LogP contribution in [-0.4, -0.2) is 24.5 Å². The monoisotopic (exact) mass is 210 g/mol. The van der Waals surface area contributed by atoms with Crippen LogP contribution in [0.2, 0.25) is 0 Å². The lowest BCUT2D eigenvalue weighted by Gasteiger charge is -2.15. The topological polar surface area (TPSA) is 82.1 Å². The smallest absolute Gasteiger partial charge is 0.368 e. The van der Waals surface area contributed by atoms with E-state index < -0.39 is 20.1 Å². The summed E-state index contributed by atoms with van der Waals surface area (Å²) in [4.78, 5) is 10.6. The highest BCUT2D eigenvalue weighted by Crippen LogP contribution is 2.49. The first kappa shape index (κ1) is 12.3. The van der Waals surface area contributed by atoms with Gasteiger partial charge in [-0.3, -0.25) is 4.52 Å². The predicted octanol–water partition coefficient (Wildman–Crippen LogP) is 0.825. The minimum Gasteiger partial charge on any atom is -0.368 e. The molecule has 0 fully saturated rings. The quantitative estimate of drug-likeness (QED) is 0.411. The molecule has 0 aliphatic carbocycles. The Morgan fingerprint density at radius 3 is 2.54 bits per heavy atom. The van der Waals surface area contributed by atoms with Gasteiger partial charge in [0, 0.05) is 13.2 Å². The molecule has 0 aromatic rings. The number of hydrogen-bond acceptors (Lipinski definition) is 6. The number of hydrogen-bond donors (Lipinski definition) is 1. The van der Waals surface area contributed by atoms with Gasteiger partial charge < -0.3 is 9.63 Å². The molecule has 76 valence electrons. The molecule has 0 rings (SSSR count). The molecule has 0 saturated carbocycles. The molecule has 0 spiro atoms. The Morgan fingerprint density at radius 1 is 1.69 bits per heavy atom. The third-order valence-electron chi connectivity index (χ3n) is 0.874. The van der Waals surface area contributed by atoms with E-state index in [1.165, 1.54) is 6.92 Å². The van der Waals surface area contributed by atoms with E-state index in [0.717, 1.165) is 13.2 Å². The molecule has 0 radical (unpaired) electrons. The molecule has 6 nitrogen and oxygen atoms in total. The Morgan fingerprint density at radius 2 is 2.23 bits per heavy atom. The Labute approximate surface area is 75.7 Å². The van der Waals surface area contributed by atoms with Crippen molar-refractivity contribution in [3.63, 3.8) is 0 Å². The van der Waals surface area contributed by atoms with Crippen LogP contribution in [0.1, 0.15) is 6.92 Å². The molecule has 0 aromatic carbocycles. The highest BCUT2D eigenvalue weighted by Gasteiger charge is 2.30. The predicted molar refractivity (Wildman–Crippen MR) is 43.7 cm³/mol. The SMILES string of the molecule is C=CC(=O)OP(=O)(OC)OC(C)O. The summed E-state index contributed by atoms with van der Waals surface area (Å²) in [5.41, 5.74) is 0. The molecule has 0 aliphatic rings. The lowest BCUT2D eigenvalue weighted by molar-refractivity contribution is -0.132. The van der Waals surface area contributed by atoms with Gasteiger partial charge in [-0.15, -0.1) is 0 Å². The molecule has 0 aromatic heterocycles. The van der Waals surface area contributed by atoms with E-state index in [1.807, 2.05) is 0 Å². The molecule has 1 N–H and O–H groups in total. The summed E-state index contributed by atoms with van der Waals surface area (Å²) in [6.45, 7) is 4.29. The maximum atomic E-state index is 11.3. The van der Waals surface area contributed by atoms with E-state index in [-0.39, 0.29) is 0 Å². The van der Waals surface area contributed by atoms with Crippen LogP contribution in [0, 0.1) is 0 Å². The standard InChI is InChI=1S/C6H11O6P/c1-4-6(8)12-13(9,10-3)11-5(2)7/h4-5,7H,1H2,2-3H3. The van der Waals surface area contributed by atoms with Gasteiger partial charge in [-0.2, -0.15) is 0 Å². The Hall–Kier alpha value is -0.680. The van der Waals surface area contributed by atoms with Crippen molar-refractivity contribution < 1.29 is 28.0 Å². The lowest BCUT2D eigenvalue weighted by atomic mass is 10.7. The van der Waals surface area contributed by atoms with Gasteiger partial charge >= 0.3 is 13.8 Å². The normalized spacial score (nSPS) is 17.2. The van der Waals surface area contributed by atoms with Crippen LogP contribution in [-0.2, 0) is 22.9 Å². The van der Waals surface area contributed by atoms with Gasteiger partial charge in [-0.25, -0.2) is 13.9 Å². The summed E-state index contributed by atoms with van der Waals surface area (Å²) in [7, 11) is -2.97. The molecule has 0 amide bonds. The molecule has 0 aliphatic heterocycles. The van der Waals surface area contributed by atoms with Crippen molar-refractivity contribution in [2.45, 2.75) is 13.2 Å². The van der Waals surface area contributed by atoms with Crippen molar-refractivity contribution in [2.24, 2.45) is 0 Å². The highest BCUT2D eigenvalue weighted by atomic mass is 31.2. The summed E-state index contributed by atoms with van der Waals surface area (Å²) in [6, 6.07) is 0. The third kappa shape index (κ3) is 4.80. The number of phosphoric ester groups is 1. The average molecular weight is 210 g/mol. The third-order valence-corrected chi connectivity index (χ3v) is 2.29. The number of aliphatic hydroxyl groups excluding tert-OH is 1. The molecular weight excluding hydrogens is 199 g/mol. The molecular formula is C6H11O6P. The first-order valence-corrected chi connectivity index (χ1v) is 4.78.